The summed E-state index contributed by atoms with van der Waals surface area (Å²) < 4.78 is 5.41. The molecule has 0 saturated carbocycles. The molecule has 1 aliphatic heterocycles. The fourth-order valence-corrected chi connectivity index (χ4v) is 3.51. The minimum Gasteiger partial charge on any atom is -0.444 e. The van der Waals surface area contributed by atoms with Gasteiger partial charge in [-0.2, -0.15) is 0 Å². The van der Waals surface area contributed by atoms with Gasteiger partial charge in [0.15, 0.2) is 0 Å². The molecule has 1 unspecified atom stereocenters. The Balaban J connectivity index is 1.70. The number of hydrogen-bond donors (Lipinski definition) is 2. The summed E-state index contributed by atoms with van der Waals surface area (Å²) in [6.45, 7) is 5.75. The number of anilines is 1. The summed E-state index contributed by atoms with van der Waals surface area (Å²) in [4.78, 5) is 26.6. The Hall–Kier alpha value is -2.08. The van der Waals surface area contributed by atoms with Crippen LogP contribution < -0.4 is 11.1 Å². The van der Waals surface area contributed by atoms with Crippen LogP contribution in [0.2, 0.25) is 0 Å². The highest BCUT2D eigenvalue weighted by Crippen LogP contribution is 2.26. The molecule has 0 spiro atoms. The monoisotopic (exact) mass is 345 g/mol. The number of likely N-dealkylation sites (tertiary alicyclic amines) is 1. The zero-order chi connectivity index (χ0) is 18.2. The maximum Gasteiger partial charge on any atom is 0.411 e. The molecule has 25 heavy (non-hydrogen) atoms. The minimum absolute atomic E-state index is 0.211. The Morgan fingerprint density at radius 2 is 1.96 bits per heavy atom. The summed E-state index contributed by atoms with van der Waals surface area (Å²) in [5.74, 6) is -0.211. The van der Waals surface area contributed by atoms with Crippen molar-refractivity contribution in [1.82, 2.24) is 4.90 Å². The van der Waals surface area contributed by atoms with Crippen LogP contribution >= 0.6 is 0 Å². The molecule has 2 amide bonds. The number of fused-ring (bicyclic) bond motifs is 1. The third kappa shape index (κ3) is 4.12. The molecule has 3 rings (SSSR count). The molecule has 6 heteroatoms. The molecule has 0 bridgehead atoms. The zero-order valence-corrected chi connectivity index (χ0v) is 15.2. The van der Waals surface area contributed by atoms with Gasteiger partial charge in [-0.15, -0.1) is 0 Å². The van der Waals surface area contributed by atoms with Gasteiger partial charge >= 0.3 is 6.09 Å². The number of nitrogens with zero attached hydrogens (tertiary/aromatic N) is 1. The molecule has 1 heterocycles. The Morgan fingerprint density at radius 1 is 1.24 bits per heavy atom. The van der Waals surface area contributed by atoms with E-state index in [-0.39, 0.29) is 11.9 Å². The molecule has 3 N–H and O–H groups in total. The van der Waals surface area contributed by atoms with Crippen molar-refractivity contribution in [3.8, 4) is 0 Å². The summed E-state index contributed by atoms with van der Waals surface area (Å²) in [5.41, 5.74) is 8.81. The van der Waals surface area contributed by atoms with Crippen LogP contribution in [0.15, 0.2) is 18.2 Å². The third-order valence-corrected chi connectivity index (χ3v) is 4.63. The van der Waals surface area contributed by atoms with Crippen LogP contribution in [0.4, 0.5) is 10.5 Å². The average Bonchev–Trinajstić information content (AvgIpc) is 3.11. The van der Waals surface area contributed by atoms with Crippen LogP contribution in [-0.2, 0) is 22.4 Å². The predicted octanol–water partition coefficient (Wildman–Crippen LogP) is 2.45. The number of carbonyl (C=O) groups excluding carboxylic acids is 2. The summed E-state index contributed by atoms with van der Waals surface area (Å²) in [7, 11) is 0. The first-order valence-corrected chi connectivity index (χ1v) is 8.91. The normalized spacial score (nSPS) is 22.6. The van der Waals surface area contributed by atoms with Crippen molar-refractivity contribution in [3.05, 3.63) is 29.3 Å². The first-order valence-electron chi connectivity index (χ1n) is 8.91. The molecular formula is C19H27N3O3. The zero-order valence-electron chi connectivity index (χ0n) is 15.2. The lowest BCUT2D eigenvalue weighted by molar-refractivity contribution is -0.120. The largest absolute Gasteiger partial charge is 0.444 e. The van der Waals surface area contributed by atoms with Gasteiger partial charge in [-0.3, -0.25) is 9.69 Å². The lowest BCUT2D eigenvalue weighted by Crippen LogP contribution is -2.45. The second kappa shape index (κ2) is 6.67. The molecule has 136 valence electrons. The lowest BCUT2D eigenvalue weighted by atomic mass is 10.1. The number of benzene rings is 1. The number of amides is 2. The van der Waals surface area contributed by atoms with Crippen LogP contribution in [0.3, 0.4) is 0 Å². The number of ether oxygens (including phenoxy) is 1. The number of carbonyl (C=O) groups is 2. The van der Waals surface area contributed by atoms with E-state index in [4.69, 9.17) is 10.5 Å². The van der Waals surface area contributed by atoms with E-state index in [0.29, 0.717) is 13.0 Å². The lowest BCUT2D eigenvalue weighted by Gasteiger charge is -2.28. The van der Waals surface area contributed by atoms with Crippen LogP contribution in [0.5, 0.6) is 0 Å². The van der Waals surface area contributed by atoms with E-state index < -0.39 is 17.7 Å². The van der Waals surface area contributed by atoms with Gasteiger partial charge in [0.2, 0.25) is 5.91 Å². The van der Waals surface area contributed by atoms with E-state index in [2.05, 4.69) is 11.4 Å². The van der Waals surface area contributed by atoms with Crippen molar-refractivity contribution in [2.45, 2.75) is 64.1 Å². The van der Waals surface area contributed by atoms with Gasteiger partial charge in [-0.25, -0.2) is 4.79 Å². The molecule has 0 aromatic heterocycles. The smallest absolute Gasteiger partial charge is 0.411 e. The van der Waals surface area contributed by atoms with Crippen LogP contribution in [0.25, 0.3) is 0 Å². The summed E-state index contributed by atoms with van der Waals surface area (Å²) in [6.07, 6.45) is 3.27. The Bertz CT molecular complexity index is 681. The van der Waals surface area contributed by atoms with E-state index in [1.54, 1.807) is 20.8 Å². The topological polar surface area (TPSA) is 84.7 Å². The number of rotatable bonds is 2. The molecule has 0 radical (unpaired) electrons. The average molecular weight is 345 g/mol. The number of hydrogen-bond acceptors (Lipinski definition) is 4. The van der Waals surface area contributed by atoms with Gasteiger partial charge < -0.3 is 15.8 Å². The van der Waals surface area contributed by atoms with Crippen LogP contribution in [0, 0.1) is 0 Å². The van der Waals surface area contributed by atoms with Crippen molar-refractivity contribution < 1.29 is 14.3 Å². The van der Waals surface area contributed by atoms with Gasteiger partial charge in [0, 0.05) is 18.3 Å². The van der Waals surface area contributed by atoms with E-state index in [1.165, 1.54) is 16.0 Å². The van der Waals surface area contributed by atoms with Crippen molar-refractivity contribution in [1.29, 1.82) is 0 Å². The minimum atomic E-state index is -0.606. The highest BCUT2D eigenvalue weighted by Gasteiger charge is 2.40. The molecule has 1 saturated heterocycles. The van der Waals surface area contributed by atoms with Crippen LogP contribution in [0.1, 0.15) is 44.7 Å². The maximum absolute atomic E-state index is 12.7. The fourth-order valence-electron chi connectivity index (χ4n) is 3.51. The molecule has 1 aromatic carbocycles. The number of nitrogens with one attached hydrogen (secondary N) is 1. The van der Waals surface area contributed by atoms with Crippen molar-refractivity contribution in [2.75, 3.05) is 11.9 Å². The summed E-state index contributed by atoms with van der Waals surface area (Å²) in [6, 6.07) is 5.22. The van der Waals surface area contributed by atoms with Gasteiger partial charge in [0.1, 0.15) is 11.6 Å². The van der Waals surface area contributed by atoms with Crippen LogP contribution in [-0.4, -0.2) is 41.1 Å². The van der Waals surface area contributed by atoms with Crippen molar-refractivity contribution >= 4 is 17.7 Å². The SMILES string of the molecule is CC(C)(C)OC(=O)N1CC(N)C[C@H]1C(=O)Nc1ccc2c(c1)CCC2. The molecule has 2 atom stereocenters. The van der Waals surface area contributed by atoms with Gasteiger partial charge in [-0.1, -0.05) is 6.07 Å². The molecular weight excluding hydrogens is 318 g/mol. The Labute approximate surface area is 148 Å². The molecule has 1 aliphatic carbocycles. The first kappa shape index (κ1) is 17.7. The van der Waals surface area contributed by atoms with E-state index in [1.807, 2.05) is 12.1 Å². The van der Waals surface area contributed by atoms with Crippen molar-refractivity contribution in [2.24, 2.45) is 5.73 Å². The van der Waals surface area contributed by atoms with Gasteiger partial charge in [0.05, 0.1) is 0 Å². The molecule has 1 aromatic rings. The highest BCUT2D eigenvalue weighted by atomic mass is 16.6. The highest BCUT2D eigenvalue weighted by molar-refractivity contribution is 5.97. The fraction of sp³-hybridized carbons (Fsp3) is 0.579. The van der Waals surface area contributed by atoms with E-state index in [0.717, 1.165) is 24.9 Å². The third-order valence-electron chi connectivity index (χ3n) is 4.63. The second-order valence-corrected chi connectivity index (χ2v) is 7.97. The van der Waals surface area contributed by atoms with E-state index >= 15 is 0 Å². The first-order chi connectivity index (χ1) is 11.7. The van der Waals surface area contributed by atoms with E-state index in [9.17, 15) is 9.59 Å². The quantitative estimate of drug-likeness (QED) is 0.862. The molecule has 6 nitrogen and oxygen atoms in total. The predicted molar refractivity (Wildman–Crippen MR) is 96.4 cm³/mol. The van der Waals surface area contributed by atoms with Crippen molar-refractivity contribution in [3.63, 3.8) is 0 Å². The number of nitrogens with two attached hydrogens (primary N) is 1. The van der Waals surface area contributed by atoms with Gasteiger partial charge in [-0.05, 0) is 69.7 Å². The Kier molecular flexibility index (Phi) is 4.73. The standard InChI is InChI=1S/C19H27N3O3/c1-19(2,3)25-18(24)22-11-14(20)10-16(22)17(23)21-15-8-7-12-5-4-6-13(12)9-15/h7-9,14,16H,4-6,10-11,20H2,1-3H3,(H,21,23)/t14?,16-/m0/s1. The van der Waals surface area contributed by atoms with Gasteiger partial charge in [0.25, 0.3) is 0 Å². The molecule has 2 aliphatic rings. The second-order valence-electron chi connectivity index (χ2n) is 7.97. The maximum atomic E-state index is 12.7. The molecule has 1 fully saturated rings. The number of aryl methyl sites for hydroxylation is 2. The summed E-state index contributed by atoms with van der Waals surface area (Å²) >= 11 is 0. The summed E-state index contributed by atoms with van der Waals surface area (Å²) in [5, 5.41) is 2.94. The Morgan fingerprint density at radius 3 is 2.68 bits per heavy atom.